The van der Waals surface area contributed by atoms with Crippen LogP contribution in [0.2, 0.25) is 5.02 Å². The maximum atomic E-state index is 12.1. The standard InChI is InChI=1S/C21H26ClN3O3S/c1-29(26,27)16-6-4-13-9-19(25-8-2-3-15(24)12-25)21(17(13)11-16)28-20-7-5-14(23)10-18(20)22/h4-7,10-11,15,19,21H,2-3,8-9,12,23-24H2,1H3/t15-,19-,21-/m1/s1. The Labute approximate surface area is 176 Å². The summed E-state index contributed by atoms with van der Waals surface area (Å²) in [5.41, 5.74) is 14.6. The molecule has 0 aromatic heterocycles. The SMILES string of the molecule is CS(=O)(=O)c1ccc2c(c1)[C@@H](Oc1ccc(N)cc1Cl)[C@H](N1CCC[C@@H](N)C1)C2. The fourth-order valence-electron chi connectivity index (χ4n) is 4.35. The smallest absolute Gasteiger partial charge is 0.175 e. The summed E-state index contributed by atoms with van der Waals surface area (Å²) >= 11 is 6.36. The third-order valence-electron chi connectivity index (χ3n) is 5.80. The van der Waals surface area contributed by atoms with Crippen LogP contribution in [0, 0.1) is 0 Å². The van der Waals surface area contributed by atoms with Crippen LogP contribution in [0.1, 0.15) is 30.1 Å². The fraction of sp³-hybridized carbons (Fsp3) is 0.429. The predicted octanol–water partition coefficient (Wildman–Crippen LogP) is 2.79. The first-order valence-corrected chi connectivity index (χ1v) is 12.0. The molecule has 0 amide bonds. The van der Waals surface area contributed by atoms with Gasteiger partial charge in [0, 0.05) is 24.5 Å². The summed E-state index contributed by atoms with van der Waals surface area (Å²) in [4.78, 5) is 2.66. The van der Waals surface area contributed by atoms with E-state index in [0.29, 0.717) is 21.4 Å². The van der Waals surface area contributed by atoms with E-state index in [-0.39, 0.29) is 18.2 Å². The number of nitrogens with two attached hydrogens (primary N) is 2. The van der Waals surface area contributed by atoms with E-state index in [1.807, 2.05) is 6.07 Å². The molecule has 4 rings (SSSR count). The van der Waals surface area contributed by atoms with Crippen molar-refractivity contribution >= 4 is 27.1 Å². The number of nitrogen functional groups attached to an aromatic ring is 1. The lowest BCUT2D eigenvalue weighted by molar-refractivity contribution is 0.0593. The summed E-state index contributed by atoms with van der Waals surface area (Å²) in [7, 11) is -3.32. The van der Waals surface area contributed by atoms with Crippen molar-refractivity contribution in [3.63, 3.8) is 0 Å². The molecule has 1 saturated heterocycles. The van der Waals surface area contributed by atoms with E-state index in [1.165, 1.54) is 6.26 Å². The van der Waals surface area contributed by atoms with Gasteiger partial charge >= 0.3 is 0 Å². The second kappa shape index (κ2) is 7.80. The number of likely N-dealkylation sites (tertiary alicyclic amines) is 1. The van der Waals surface area contributed by atoms with Crippen molar-refractivity contribution in [2.24, 2.45) is 5.73 Å². The van der Waals surface area contributed by atoms with Crippen LogP contribution in [0.15, 0.2) is 41.3 Å². The third kappa shape index (κ3) is 4.23. The molecule has 2 aromatic rings. The molecule has 0 unspecified atom stereocenters. The topological polar surface area (TPSA) is 98.6 Å². The van der Waals surface area contributed by atoms with Crippen molar-refractivity contribution in [2.75, 3.05) is 25.1 Å². The number of benzene rings is 2. The van der Waals surface area contributed by atoms with Gasteiger partial charge in [-0.1, -0.05) is 17.7 Å². The van der Waals surface area contributed by atoms with Gasteiger partial charge < -0.3 is 16.2 Å². The Morgan fingerprint density at radius 2 is 2.00 bits per heavy atom. The molecule has 2 aliphatic rings. The first-order chi connectivity index (χ1) is 13.7. The van der Waals surface area contributed by atoms with Crippen LogP contribution in [0.25, 0.3) is 0 Å². The molecule has 6 nitrogen and oxygen atoms in total. The highest BCUT2D eigenvalue weighted by Gasteiger charge is 2.40. The quantitative estimate of drug-likeness (QED) is 0.716. The minimum Gasteiger partial charge on any atom is -0.482 e. The molecule has 156 valence electrons. The molecule has 29 heavy (non-hydrogen) atoms. The monoisotopic (exact) mass is 435 g/mol. The summed E-state index contributed by atoms with van der Waals surface area (Å²) in [6.07, 6.45) is 3.72. The first-order valence-electron chi connectivity index (χ1n) is 9.76. The molecule has 0 spiro atoms. The van der Waals surface area contributed by atoms with Gasteiger partial charge in [-0.2, -0.15) is 0 Å². The number of ether oxygens (including phenoxy) is 1. The molecule has 1 heterocycles. The van der Waals surface area contributed by atoms with E-state index in [1.54, 1.807) is 30.3 Å². The minimum atomic E-state index is -3.32. The summed E-state index contributed by atoms with van der Waals surface area (Å²) < 4.78 is 30.6. The van der Waals surface area contributed by atoms with E-state index < -0.39 is 9.84 Å². The molecule has 3 atom stereocenters. The number of halogens is 1. The van der Waals surface area contributed by atoms with Gasteiger partial charge in [0.25, 0.3) is 0 Å². The molecule has 1 aliphatic heterocycles. The van der Waals surface area contributed by atoms with Crippen LogP contribution in [-0.4, -0.2) is 44.7 Å². The second-order valence-corrected chi connectivity index (χ2v) is 10.5. The molecule has 8 heteroatoms. The Morgan fingerprint density at radius 1 is 1.21 bits per heavy atom. The normalized spacial score (nSPS) is 25.0. The van der Waals surface area contributed by atoms with Crippen LogP contribution in [-0.2, 0) is 16.3 Å². The third-order valence-corrected chi connectivity index (χ3v) is 7.20. The second-order valence-electron chi connectivity index (χ2n) is 8.03. The molecule has 0 saturated carbocycles. The number of nitrogens with zero attached hydrogens (tertiary/aromatic N) is 1. The van der Waals surface area contributed by atoms with Crippen LogP contribution < -0.4 is 16.2 Å². The van der Waals surface area contributed by atoms with Crippen molar-refractivity contribution in [3.05, 3.63) is 52.5 Å². The van der Waals surface area contributed by atoms with E-state index in [0.717, 1.165) is 43.5 Å². The van der Waals surface area contributed by atoms with Gasteiger partial charge in [-0.05, 0) is 67.3 Å². The molecular formula is C21H26ClN3O3S. The fourth-order valence-corrected chi connectivity index (χ4v) is 5.24. The van der Waals surface area contributed by atoms with Gasteiger partial charge in [0.1, 0.15) is 11.9 Å². The minimum absolute atomic E-state index is 0.0692. The number of piperidine rings is 1. The lowest BCUT2D eigenvalue weighted by atomic mass is 10.0. The molecule has 0 radical (unpaired) electrons. The van der Waals surface area contributed by atoms with Crippen molar-refractivity contribution in [1.29, 1.82) is 0 Å². The van der Waals surface area contributed by atoms with E-state index in [9.17, 15) is 8.42 Å². The zero-order valence-electron chi connectivity index (χ0n) is 16.3. The van der Waals surface area contributed by atoms with Crippen molar-refractivity contribution < 1.29 is 13.2 Å². The van der Waals surface area contributed by atoms with Gasteiger partial charge in [-0.3, -0.25) is 4.90 Å². The number of sulfone groups is 1. The number of fused-ring (bicyclic) bond motifs is 1. The Hall–Kier alpha value is -1.80. The predicted molar refractivity (Wildman–Crippen MR) is 115 cm³/mol. The molecule has 1 aliphatic carbocycles. The van der Waals surface area contributed by atoms with Crippen molar-refractivity contribution in [3.8, 4) is 5.75 Å². The molecular weight excluding hydrogens is 410 g/mol. The van der Waals surface area contributed by atoms with Gasteiger partial charge in [0.2, 0.25) is 0 Å². The lowest BCUT2D eigenvalue weighted by Gasteiger charge is -2.38. The average molecular weight is 436 g/mol. The maximum absolute atomic E-state index is 12.1. The van der Waals surface area contributed by atoms with Gasteiger partial charge in [-0.25, -0.2) is 8.42 Å². The van der Waals surface area contributed by atoms with Gasteiger partial charge in [0.15, 0.2) is 9.84 Å². The summed E-state index contributed by atoms with van der Waals surface area (Å²) in [5, 5.41) is 0.437. The lowest BCUT2D eigenvalue weighted by Crippen LogP contribution is -2.49. The van der Waals surface area contributed by atoms with Gasteiger partial charge in [0.05, 0.1) is 16.0 Å². The van der Waals surface area contributed by atoms with Crippen molar-refractivity contribution in [1.82, 2.24) is 4.90 Å². The van der Waals surface area contributed by atoms with Gasteiger partial charge in [-0.15, -0.1) is 0 Å². The van der Waals surface area contributed by atoms with Crippen LogP contribution >= 0.6 is 11.6 Å². The zero-order chi connectivity index (χ0) is 20.8. The summed E-state index contributed by atoms with van der Waals surface area (Å²) in [6.45, 7) is 1.74. The average Bonchev–Trinajstić information content (AvgIpc) is 3.01. The van der Waals surface area contributed by atoms with Crippen LogP contribution in [0.4, 0.5) is 5.69 Å². The molecule has 0 bridgehead atoms. The molecule has 1 fully saturated rings. The summed E-state index contributed by atoms with van der Waals surface area (Å²) in [5.74, 6) is 0.537. The highest BCUT2D eigenvalue weighted by Crippen LogP contribution is 2.41. The highest BCUT2D eigenvalue weighted by atomic mass is 35.5. The van der Waals surface area contributed by atoms with E-state index >= 15 is 0 Å². The highest BCUT2D eigenvalue weighted by molar-refractivity contribution is 7.90. The molecule has 2 aromatic carbocycles. The maximum Gasteiger partial charge on any atom is 0.175 e. The molecule has 4 N–H and O–H groups in total. The Kier molecular flexibility index (Phi) is 5.50. The Bertz CT molecular complexity index is 1030. The number of hydrogen-bond acceptors (Lipinski definition) is 6. The summed E-state index contributed by atoms with van der Waals surface area (Å²) in [6, 6.07) is 10.7. The zero-order valence-corrected chi connectivity index (χ0v) is 17.9. The largest absolute Gasteiger partial charge is 0.482 e. The number of hydrogen-bond donors (Lipinski definition) is 2. The number of anilines is 1. The number of rotatable bonds is 4. The van der Waals surface area contributed by atoms with E-state index in [2.05, 4.69) is 4.90 Å². The Balaban J connectivity index is 1.73. The van der Waals surface area contributed by atoms with Crippen molar-refractivity contribution in [2.45, 2.75) is 42.3 Å². The van der Waals surface area contributed by atoms with E-state index in [4.69, 9.17) is 27.8 Å². The van der Waals surface area contributed by atoms with Crippen LogP contribution in [0.5, 0.6) is 5.75 Å². The Morgan fingerprint density at radius 3 is 2.69 bits per heavy atom. The van der Waals surface area contributed by atoms with Crippen LogP contribution in [0.3, 0.4) is 0 Å². The first kappa shape index (κ1) is 20.5.